The van der Waals surface area contributed by atoms with Crippen LogP contribution >= 0.6 is 23.2 Å². The van der Waals surface area contributed by atoms with Gasteiger partial charge >= 0.3 is 0 Å². The molecule has 0 aliphatic heterocycles. The molecule has 0 aromatic heterocycles. The molecule has 1 aromatic rings. The Morgan fingerprint density at radius 3 is 2.72 bits per heavy atom. The van der Waals surface area contributed by atoms with Crippen LogP contribution in [0.2, 0.25) is 10.0 Å². The Kier molecular flexibility index (Phi) is 4.05. The van der Waals surface area contributed by atoms with Crippen molar-refractivity contribution < 1.29 is 0 Å². The van der Waals surface area contributed by atoms with Crippen LogP contribution in [0.1, 0.15) is 32.3 Å². The van der Waals surface area contributed by atoms with Gasteiger partial charge in [-0.1, -0.05) is 48.7 Å². The zero-order valence-corrected chi connectivity index (χ0v) is 12.4. The summed E-state index contributed by atoms with van der Waals surface area (Å²) < 4.78 is 0. The minimum absolute atomic E-state index is 0.154. The van der Waals surface area contributed by atoms with Gasteiger partial charge in [-0.25, -0.2) is 0 Å². The lowest BCUT2D eigenvalue weighted by atomic mass is 9.74. The third kappa shape index (κ3) is 3.50. The molecule has 1 nitrogen and oxygen atoms in total. The van der Waals surface area contributed by atoms with E-state index in [0.29, 0.717) is 0 Å². The smallest absolute Gasteiger partial charge is 0.0442 e. The van der Waals surface area contributed by atoms with E-state index in [1.807, 2.05) is 18.2 Å². The Labute approximate surface area is 119 Å². The summed E-state index contributed by atoms with van der Waals surface area (Å²) in [6.45, 7) is 4.53. The van der Waals surface area contributed by atoms with E-state index in [2.05, 4.69) is 19.9 Å². The molecule has 2 rings (SSSR count). The van der Waals surface area contributed by atoms with Crippen molar-refractivity contribution in [2.75, 3.05) is 0 Å². The van der Waals surface area contributed by atoms with Crippen LogP contribution in [0.25, 0.3) is 0 Å². The highest BCUT2D eigenvalue weighted by Crippen LogP contribution is 2.36. The van der Waals surface area contributed by atoms with Crippen molar-refractivity contribution in [3.8, 4) is 0 Å². The molecule has 18 heavy (non-hydrogen) atoms. The van der Waals surface area contributed by atoms with Crippen LogP contribution in [0.5, 0.6) is 0 Å². The summed E-state index contributed by atoms with van der Waals surface area (Å²) >= 11 is 12.2. The third-order valence-electron chi connectivity index (χ3n) is 3.37. The monoisotopic (exact) mass is 283 g/mol. The van der Waals surface area contributed by atoms with Crippen LogP contribution in [-0.2, 0) is 6.42 Å². The summed E-state index contributed by atoms with van der Waals surface area (Å²) in [4.78, 5) is 0. The van der Waals surface area contributed by atoms with E-state index in [4.69, 9.17) is 28.9 Å². The van der Waals surface area contributed by atoms with Gasteiger partial charge < -0.3 is 5.73 Å². The first-order valence-electron chi connectivity index (χ1n) is 6.25. The highest BCUT2D eigenvalue weighted by Gasteiger charge is 2.27. The molecule has 1 aromatic carbocycles. The predicted octanol–water partition coefficient (Wildman–Crippen LogP) is 4.61. The first-order valence-corrected chi connectivity index (χ1v) is 7.00. The maximum Gasteiger partial charge on any atom is 0.0442 e. The van der Waals surface area contributed by atoms with Crippen molar-refractivity contribution >= 4 is 23.2 Å². The summed E-state index contributed by atoms with van der Waals surface area (Å²) in [5, 5.41) is 1.51. The molecule has 1 aliphatic rings. The summed E-state index contributed by atoms with van der Waals surface area (Å²) in [5.74, 6) is 0. The largest absolute Gasteiger partial charge is 0.324 e. The maximum atomic E-state index is 6.21. The van der Waals surface area contributed by atoms with Crippen molar-refractivity contribution in [3.05, 3.63) is 45.5 Å². The highest BCUT2D eigenvalue weighted by atomic mass is 35.5. The summed E-state index contributed by atoms with van der Waals surface area (Å²) in [5.41, 5.74) is 8.81. The zero-order valence-electron chi connectivity index (χ0n) is 10.8. The topological polar surface area (TPSA) is 26.0 Å². The molecule has 0 bridgehead atoms. The summed E-state index contributed by atoms with van der Waals surface area (Å²) in [6, 6.07) is 5.77. The Bertz CT molecular complexity index is 477. The molecular formula is C15H19Cl2N. The molecule has 2 N–H and O–H groups in total. The first-order chi connectivity index (χ1) is 8.35. The average molecular weight is 284 g/mol. The molecule has 1 aliphatic carbocycles. The number of benzene rings is 1. The molecular weight excluding hydrogens is 265 g/mol. The second kappa shape index (κ2) is 5.24. The van der Waals surface area contributed by atoms with E-state index in [9.17, 15) is 0 Å². The van der Waals surface area contributed by atoms with E-state index < -0.39 is 0 Å². The zero-order chi connectivity index (χ0) is 13.3. The number of allylic oxidation sites excluding steroid dienone is 1. The quantitative estimate of drug-likeness (QED) is 0.788. The van der Waals surface area contributed by atoms with Gasteiger partial charge in [-0.3, -0.25) is 0 Å². The molecule has 0 radical (unpaired) electrons. The van der Waals surface area contributed by atoms with Crippen LogP contribution in [0.15, 0.2) is 29.8 Å². The second-order valence-electron chi connectivity index (χ2n) is 5.95. The van der Waals surface area contributed by atoms with E-state index in [1.54, 1.807) is 0 Å². The summed E-state index contributed by atoms with van der Waals surface area (Å²) in [6.07, 6.45) is 5.14. The predicted molar refractivity (Wildman–Crippen MR) is 79.2 cm³/mol. The molecule has 0 spiro atoms. The van der Waals surface area contributed by atoms with Gasteiger partial charge in [-0.2, -0.15) is 0 Å². The second-order valence-corrected chi connectivity index (χ2v) is 6.79. The molecule has 0 saturated heterocycles. The number of nitrogens with two attached hydrogens (primary N) is 1. The van der Waals surface area contributed by atoms with E-state index in [-0.39, 0.29) is 11.5 Å². The molecule has 0 heterocycles. The number of rotatable bonds is 2. The van der Waals surface area contributed by atoms with Gasteiger partial charge in [-0.15, -0.1) is 0 Å². The van der Waals surface area contributed by atoms with Gasteiger partial charge in [0.05, 0.1) is 0 Å². The van der Waals surface area contributed by atoms with Crippen molar-refractivity contribution in [1.82, 2.24) is 0 Å². The Morgan fingerprint density at radius 1 is 1.33 bits per heavy atom. The lowest BCUT2D eigenvalue weighted by molar-refractivity contribution is 0.299. The molecule has 1 atom stereocenters. The molecule has 3 heteroatoms. The van der Waals surface area contributed by atoms with Crippen LogP contribution < -0.4 is 5.73 Å². The van der Waals surface area contributed by atoms with Crippen LogP contribution in [0, 0.1) is 5.41 Å². The number of hydrogen-bond acceptors (Lipinski definition) is 1. The standard InChI is InChI=1S/C15H19Cl2N/c1-15(2)8-10(6-13(18)9-15)5-11-7-12(16)3-4-14(11)17/h3-4,6-7,13H,5,8-9,18H2,1-2H3. The maximum absolute atomic E-state index is 6.21. The Hall–Kier alpha value is -0.500. The minimum Gasteiger partial charge on any atom is -0.324 e. The number of halogens is 2. The van der Waals surface area contributed by atoms with Crippen molar-refractivity contribution in [2.24, 2.45) is 11.1 Å². The van der Waals surface area contributed by atoms with Crippen molar-refractivity contribution in [3.63, 3.8) is 0 Å². The fourth-order valence-corrected chi connectivity index (χ4v) is 3.17. The highest BCUT2D eigenvalue weighted by molar-refractivity contribution is 6.33. The van der Waals surface area contributed by atoms with Crippen molar-refractivity contribution in [2.45, 2.75) is 39.2 Å². The van der Waals surface area contributed by atoms with Crippen LogP contribution in [0.3, 0.4) is 0 Å². The van der Waals surface area contributed by atoms with Crippen LogP contribution in [-0.4, -0.2) is 6.04 Å². The van der Waals surface area contributed by atoms with Gasteiger partial charge in [0.1, 0.15) is 0 Å². The molecule has 1 unspecified atom stereocenters. The van der Waals surface area contributed by atoms with Crippen LogP contribution in [0.4, 0.5) is 0 Å². The number of hydrogen-bond donors (Lipinski definition) is 1. The van der Waals surface area contributed by atoms with E-state index in [1.165, 1.54) is 5.57 Å². The molecule has 0 amide bonds. The lowest BCUT2D eigenvalue weighted by Crippen LogP contribution is -2.31. The molecule has 98 valence electrons. The molecule has 0 saturated carbocycles. The van der Waals surface area contributed by atoms with Gasteiger partial charge in [0.2, 0.25) is 0 Å². The molecule has 0 fully saturated rings. The minimum atomic E-state index is 0.154. The van der Waals surface area contributed by atoms with Gasteiger partial charge in [0.15, 0.2) is 0 Å². The Balaban J connectivity index is 2.21. The Morgan fingerprint density at radius 2 is 2.06 bits per heavy atom. The van der Waals surface area contributed by atoms with E-state index >= 15 is 0 Å². The van der Waals surface area contributed by atoms with Gasteiger partial charge in [0.25, 0.3) is 0 Å². The lowest BCUT2D eigenvalue weighted by Gasteiger charge is -2.33. The first kappa shape index (κ1) is 13.9. The third-order valence-corrected chi connectivity index (χ3v) is 3.97. The van der Waals surface area contributed by atoms with E-state index in [0.717, 1.165) is 34.9 Å². The fraction of sp³-hybridized carbons (Fsp3) is 0.467. The average Bonchev–Trinajstić information content (AvgIpc) is 2.20. The fourth-order valence-electron chi connectivity index (χ4n) is 2.79. The normalized spacial score (nSPS) is 22.7. The van der Waals surface area contributed by atoms with Gasteiger partial charge in [0, 0.05) is 16.1 Å². The SMILES string of the molecule is CC1(C)CC(Cc2cc(Cl)ccc2Cl)=CC(N)C1. The van der Waals surface area contributed by atoms with Crippen molar-refractivity contribution in [1.29, 1.82) is 0 Å². The summed E-state index contributed by atoms with van der Waals surface area (Å²) in [7, 11) is 0. The van der Waals surface area contributed by atoms with Gasteiger partial charge in [-0.05, 0) is 48.4 Å².